The largest absolute Gasteiger partial charge is 0.508 e. The fourth-order valence-corrected chi connectivity index (χ4v) is 7.43. The van der Waals surface area contributed by atoms with E-state index in [1.165, 1.54) is 37.8 Å². The van der Waals surface area contributed by atoms with Crippen molar-refractivity contribution < 1.29 is 28.6 Å². The number of fused-ring (bicyclic) bond motifs is 2. The van der Waals surface area contributed by atoms with Crippen LogP contribution in [0, 0.1) is 11.8 Å². The second-order valence-electron chi connectivity index (χ2n) is 10.9. The first kappa shape index (κ1) is 29.2. The number of primary amides is 1. The number of nitrogens with one attached hydrogen (secondary N) is 1. The Morgan fingerprint density at radius 1 is 1.29 bits per heavy atom. The molecule has 1 aromatic heterocycles. The summed E-state index contributed by atoms with van der Waals surface area (Å²) >= 11 is 6.95. The Bertz CT molecular complexity index is 1410. The van der Waals surface area contributed by atoms with Crippen LogP contribution in [0.15, 0.2) is 33.6 Å². The molecule has 218 valence electrons. The number of ether oxygens (including phenoxy) is 1. The molecule has 2 saturated carbocycles. The zero-order valence-electron chi connectivity index (χ0n) is 22.8. The van der Waals surface area contributed by atoms with Gasteiger partial charge in [-0.2, -0.15) is 0 Å². The van der Waals surface area contributed by atoms with Crippen molar-refractivity contribution in [2.75, 3.05) is 13.7 Å². The van der Waals surface area contributed by atoms with Gasteiger partial charge in [0.1, 0.15) is 27.3 Å². The maximum Gasteiger partial charge on any atom is 0.266 e. The number of hydrogen-bond donors (Lipinski definition) is 4. The smallest absolute Gasteiger partial charge is 0.266 e. The Labute approximate surface area is 247 Å². The summed E-state index contributed by atoms with van der Waals surface area (Å²) in [6.07, 6.45) is 7.14. The van der Waals surface area contributed by atoms with Gasteiger partial charge in [0, 0.05) is 30.3 Å². The highest BCUT2D eigenvalue weighted by Crippen LogP contribution is 2.49. The van der Waals surface area contributed by atoms with Gasteiger partial charge in [-0.3, -0.25) is 19.3 Å². The van der Waals surface area contributed by atoms with E-state index in [4.69, 9.17) is 32.8 Å². The Balaban J connectivity index is 1.36. The maximum absolute atomic E-state index is 13.5. The first-order valence-corrected chi connectivity index (χ1v) is 14.9. The van der Waals surface area contributed by atoms with Gasteiger partial charge in [0.2, 0.25) is 11.8 Å². The summed E-state index contributed by atoms with van der Waals surface area (Å²) in [6.45, 7) is 0.317. The highest BCUT2D eigenvalue weighted by Gasteiger charge is 2.48. The average molecular weight is 599 g/mol. The molecule has 2 bridgehead atoms. The van der Waals surface area contributed by atoms with Gasteiger partial charge in [0.05, 0.1) is 24.5 Å². The maximum atomic E-state index is 13.5. The summed E-state index contributed by atoms with van der Waals surface area (Å²) in [4.78, 5) is 39.1. The third-order valence-electron chi connectivity index (χ3n) is 8.05. The molecule has 6 N–H and O–H groups in total. The topological polar surface area (TPSA) is 161 Å². The van der Waals surface area contributed by atoms with E-state index in [1.807, 2.05) is 11.0 Å². The van der Waals surface area contributed by atoms with Crippen LogP contribution in [0.3, 0.4) is 0 Å². The number of thioether (sulfide) groups is 1. The summed E-state index contributed by atoms with van der Waals surface area (Å²) in [5.74, 6) is 1.52. The Morgan fingerprint density at radius 3 is 2.78 bits per heavy atom. The molecular formula is C29H34N4O6S2. The lowest BCUT2D eigenvalue weighted by molar-refractivity contribution is -0.126. The first-order chi connectivity index (χ1) is 19.6. The van der Waals surface area contributed by atoms with Crippen LogP contribution >= 0.6 is 24.0 Å². The van der Waals surface area contributed by atoms with Crippen molar-refractivity contribution in [3.05, 3.63) is 40.5 Å². The van der Waals surface area contributed by atoms with Gasteiger partial charge < -0.3 is 31.0 Å². The van der Waals surface area contributed by atoms with Gasteiger partial charge in [-0.25, -0.2) is 0 Å². The van der Waals surface area contributed by atoms with Gasteiger partial charge in [-0.15, -0.1) is 0 Å². The molecule has 4 atom stereocenters. The minimum atomic E-state index is -0.999. The van der Waals surface area contributed by atoms with E-state index in [2.05, 4.69) is 5.32 Å². The molecule has 10 nitrogen and oxygen atoms in total. The van der Waals surface area contributed by atoms with Gasteiger partial charge in [-0.1, -0.05) is 30.4 Å². The number of nitrogens with two attached hydrogens (primary N) is 2. The predicted octanol–water partition coefficient (Wildman–Crippen LogP) is 3.30. The monoisotopic (exact) mass is 598 g/mol. The van der Waals surface area contributed by atoms with Gasteiger partial charge in [0.25, 0.3) is 5.91 Å². The number of furan rings is 1. The van der Waals surface area contributed by atoms with Crippen LogP contribution in [0.4, 0.5) is 0 Å². The van der Waals surface area contributed by atoms with Gasteiger partial charge >= 0.3 is 0 Å². The zero-order valence-corrected chi connectivity index (χ0v) is 24.4. The SMILES string of the molecule is COc1cc(O)cc(-c2cc(CCCNC(=O)[C@@H](N)CC(N)=O)c(C=C3SC(=S)N(C4CC5CCC4C5)C3=O)o2)c1. The molecule has 0 radical (unpaired) electrons. The lowest BCUT2D eigenvalue weighted by Crippen LogP contribution is -2.43. The van der Waals surface area contributed by atoms with Crippen molar-refractivity contribution in [2.24, 2.45) is 23.3 Å². The van der Waals surface area contributed by atoms with E-state index in [0.29, 0.717) is 63.3 Å². The van der Waals surface area contributed by atoms with Crippen LogP contribution in [0.25, 0.3) is 17.4 Å². The third-order valence-corrected chi connectivity index (χ3v) is 9.38. The van der Waals surface area contributed by atoms with Crippen LogP contribution in [-0.4, -0.2) is 57.8 Å². The minimum Gasteiger partial charge on any atom is -0.508 e. The molecule has 2 aliphatic carbocycles. The van der Waals surface area contributed by atoms with Crippen LogP contribution < -0.4 is 21.5 Å². The van der Waals surface area contributed by atoms with Crippen molar-refractivity contribution in [1.82, 2.24) is 10.2 Å². The number of hydrogen-bond acceptors (Lipinski definition) is 9. The molecule has 0 spiro atoms. The molecule has 3 fully saturated rings. The first-order valence-electron chi connectivity index (χ1n) is 13.7. The number of aromatic hydroxyl groups is 1. The highest BCUT2D eigenvalue weighted by molar-refractivity contribution is 8.26. The number of phenols is 1. The molecule has 41 heavy (non-hydrogen) atoms. The van der Waals surface area contributed by atoms with Crippen LogP contribution in [-0.2, 0) is 20.8 Å². The van der Waals surface area contributed by atoms with Crippen LogP contribution in [0.1, 0.15) is 49.8 Å². The molecular weight excluding hydrogens is 564 g/mol. The Morgan fingerprint density at radius 2 is 2.10 bits per heavy atom. The quantitative estimate of drug-likeness (QED) is 0.173. The van der Waals surface area contributed by atoms with E-state index in [-0.39, 0.29) is 24.1 Å². The standard InChI is InChI=1S/C29H34N4O6S2/c1-38-20-10-18(9-19(34)12-20)23-11-17(3-2-6-32-27(36)21(30)13-26(31)35)24(39-23)14-25-28(37)33(29(40)41-25)22-8-15-4-5-16(22)7-15/h9-12,14-16,21-22,34H,2-8,13,30H2,1H3,(H2,31,35)(H,32,36)/t15?,16?,21-,22?/m0/s1. The second kappa shape index (κ2) is 12.3. The van der Waals surface area contributed by atoms with E-state index in [9.17, 15) is 19.5 Å². The van der Waals surface area contributed by atoms with E-state index in [0.717, 1.165) is 18.4 Å². The van der Waals surface area contributed by atoms with Crippen molar-refractivity contribution in [1.29, 1.82) is 0 Å². The third kappa shape index (κ3) is 6.44. The van der Waals surface area contributed by atoms with Crippen molar-refractivity contribution >= 4 is 52.1 Å². The number of methoxy groups -OCH3 is 1. The molecule has 12 heteroatoms. The number of phenolic OH excluding ortho intramolecular Hbond substituents is 1. The van der Waals surface area contributed by atoms with E-state index < -0.39 is 17.9 Å². The summed E-state index contributed by atoms with van der Waals surface area (Å²) in [5.41, 5.74) is 12.3. The molecule has 1 aromatic carbocycles. The van der Waals surface area contributed by atoms with Gasteiger partial charge in [0.15, 0.2) is 0 Å². The second-order valence-corrected chi connectivity index (χ2v) is 12.6. The Kier molecular flexibility index (Phi) is 8.71. The number of amides is 3. The average Bonchev–Trinajstić information content (AvgIpc) is 3.70. The number of thiocarbonyl (C=S) groups is 1. The number of aryl methyl sites for hydroxylation is 1. The molecule has 1 saturated heterocycles. The summed E-state index contributed by atoms with van der Waals surface area (Å²) in [6, 6.07) is 5.85. The lowest BCUT2D eigenvalue weighted by Gasteiger charge is -2.30. The molecule has 2 aromatic rings. The van der Waals surface area contributed by atoms with Crippen LogP contribution in [0.5, 0.6) is 11.5 Å². The van der Waals surface area contributed by atoms with Gasteiger partial charge in [-0.05, 0) is 67.7 Å². The lowest BCUT2D eigenvalue weighted by atomic mass is 9.94. The minimum absolute atomic E-state index is 0.0283. The Hall–Kier alpha value is -3.35. The summed E-state index contributed by atoms with van der Waals surface area (Å²) < 4.78 is 12.1. The highest BCUT2D eigenvalue weighted by atomic mass is 32.2. The number of nitrogens with zero attached hydrogens (tertiary/aromatic N) is 1. The van der Waals surface area contributed by atoms with Crippen molar-refractivity contribution in [3.63, 3.8) is 0 Å². The predicted molar refractivity (Wildman–Crippen MR) is 160 cm³/mol. The normalized spacial score (nSPS) is 23.4. The van der Waals surface area contributed by atoms with Crippen molar-refractivity contribution in [2.45, 2.75) is 57.0 Å². The molecule has 3 unspecified atom stereocenters. The number of benzene rings is 1. The van der Waals surface area contributed by atoms with Crippen molar-refractivity contribution in [3.8, 4) is 22.8 Å². The van der Waals surface area contributed by atoms with E-state index in [1.54, 1.807) is 18.2 Å². The molecule has 2 heterocycles. The molecule has 1 aliphatic heterocycles. The fourth-order valence-electron chi connectivity index (χ4n) is 6.09. The molecule has 5 rings (SSSR count). The fraction of sp³-hybridized carbons (Fsp3) is 0.448. The number of carbonyl (C=O) groups is 3. The zero-order chi connectivity index (χ0) is 29.3. The van der Waals surface area contributed by atoms with E-state index >= 15 is 0 Å². The summed E-state index contributed by atoms with van der Waals surface area (Å²) in [7, 11) is 1.51. The number of rotatable bonds is 11. The summed E-state index contributed by atoms with van der Waals surface area (Å²) in [5, 5.41) is 12.9. The molecule has 3 amide bonds. The number of carbonyl (C=O) groups excluding carboxylic acids is 3. The van der Waals surface area contributed by atoms with Crippen LogP contribution in [0.2, 0.25) is 0 Å². The molecule has 3 aliphatic rings.